The summed E-state index contributed by atoms with van der Waals surface area (Å²) < 4.78 is 0. The van der Waals surface area contributed by atoms with E-state index in [1.165, 1.54) is 71.4 Å². The Morgan fingerprint density at radius 2 is 1.61 bits per heavy atom. The second-order valence-electron chi connectivity index (χ2n) is 6.52. The van der Waals surface area contributed by atoms with E-state index in [1.807, 2.05) is 0 Å². The number of rotatable bonds is 3. The lowest BCUT2D eigenvalue weighted by atomic mass is 9.84. The Labute approximate surface area is 112 Å². The molecule has 3 heteroatoms. The number of nitrogens with zero attached hydrogens (tertiary/aromatic N) is 2. The summed E-state index contributed by atoms with van der Waals surface area (Å²) >= 11 is 0. The zero-order valence-corrected chi connectivity index (χ0v) is 11.9. The van der Waals surface area contributed by atoms with Gasteiger partial charge in [0, 0.05) is 51.4 Å². The van der Waals surface area contributed by atoms with E-state index in [9.17, 15) is 0 Å². The van der Waals surface area contributed by atoms with Crippen molar-refractivity contribution in [3.8, 4) is 0 Å². The van der Waals surface area contributed by atoms with Crippen molar-refractivity contribution in [2.24, 2.45) is 5.92 Å². The second-order valence-corrected chi connectivity index (χ2v) is 6.52. The van der Waals surface area contributed by atoms with Gasteiger partial charge in [-0.05, 0) is 25.7 Å². The minimum Gasteiger partial charge on any atom is -0.314 e. The van der Waals surface area contributed by atoms with Gasteiger partial charge in [0.1, 0.15) is 0 Å². The van der Waals surface area contributed by atoms with Crippen LogP contribution < -0.4 is 5.32 Å². The zero-order chi connectivity index (χ0) is 12.4. The summed E-state index contributed by atoms with van der Waals surface area (Å²) in [6.45, 7) is 10.1. The number of hydrogen-bond acceptors (Lipinski definition) is 3. The largest absolute Gasteiger partial charge is 0.314 e. The van der Waals surface area contributed by atoms with E-state index < -0.39 is 0 Å². The average molecular weight is 251 g/mol. The van der Waals surface area contributed by atoms with Crippen LogP contribution in [-0.4, -0.2) is 61.2 Å². The normalized spacial score (nSPS) is 31.2. The molecule has 18 heavy (non-hydrogen) atoms. The van der Waals surface area contributed by atoms with Crippen molar-refractivity contribution >= 4 is 0 Å². The molecule has 1 N–H and O–H groups in total. The molecule has 3 fully saturated rings. The summed E-state index contributed by atoms with van der Waals surface area (Å²) in [5, 5.41) is 3.39. The first-order valence-electron chi connectivity index (χ1n) is 8.03. The third kappa shape index (κ3) is 2.73. The van der Waals surface area contributed by atoms with Gasteiger partial charge in [0.2, 0.25) is 0 Å². The minimum atomic E-state index is 0.826. The Morgan fingerprint density at radius 1 is 0.944 bits per heavy atom. The first-order valence-corrected chi connectivity index (χ1v) is 8.03. The van der Waals surface area contributed by atoms with E-state index in [2.05, 4.69) is 22.0 Å². The highest BCUT2D eigenvalue weighted by Crippen LogP contribution is 2.29. The molecule has 3 rings (SSSR count). The SMILES string of the molecule is CC(C1CCCCC1)N1CCN(C2CNC2)CC1. The highest BCUT2D eigenvalue weighted by atomic mass is 15.3. The lowest BCUT2D eigenvalue weighted by Gasteiger charge is -2.46. The molecule has 0 bridgehead atoms. The van der Waals surface area contributed by atoms with Crippen LogP contribution in [0.3, 0.4) is 0 Å². The predicted molar refractivity (Wildman–Crippen MR) is 75.8 cm³/mol. The third-order valence-corrected chi connectivity index (χ3v) is 5.53. The smallest absolute Gasteiger partial charge is 0.0346 e. The van der Waals surface area contributed by atoms with Gasteiger partial charge in [-0.25, -0.2) is 0 Å². The second kappa shape index (κ2) is 5.89. The Morgan fingerprint density at radius 3 is 2.17 bits per heavy atom. The lowest BCUT2D eigenvalue weighted by Crippen LogP contribution is -2.62. The fraction of sp³-hybridized carbons (Fsp3) is 1.00. The molecular weight excluding hydrogens is 222 g/mol. The van der Waals surface area contributed by atoms with Crippen molar-refractivity contribution in [2.45, 2.75) is 51.1 Å². The van der Waals surface area contributed by atoms with Gasteiger partial charge in [-0.15, -0.1) is 0 Å². The summed E-state index contributed by atoms with van der Waals surface area (Å²) in [4.78, 5) is 5.46. The topological polar surface area (TPSA) is 18.5 Å². The maximum atomic E-state index is 3.39. The van der Waals surface area contributed by atoms with Gasteiger partial charge in [-0.3, -0.25) is 9.80 Å². The van der Waals surface area contributed by atoms with Crippen molar-refractivity contribution in [3.63, 3.8) is 0 Å². The van der Waals surface area contributed by atoms with Crippen LogP contribution in [-0.2, 0) is 0 Å². The van der Waals surface area contributed by atoms with Crippen molar-refractivity contribution in [1.82, 2.24) is 15.1 Å². The number of nitrogens with one attached hydrogen (secondary N) is 1. The van der Waals surface area contributed by atoms with E-state index >= 15 is 0 Å². The molecule has 0 radical (unpaired) electrons. The van der Waals surface area contributed by atoms with Crippen molar-refractivity contribution in [1.29, 1.82) is 0 Å². The van der Waals surface area contributed by atoms with Crippen LogP contribution in [0.1, 0.15) is 39.0 Å². The molecule has 0 aromatic rings. The molecular formula is C15H29N3. The molecule has 2 heterocycles. The molecule has 0 amide bonds. The van der Waals surface area contributed by atoms with Crippen LogP contribution in [0.2, 0.25) is 0 Å². The van der Waals surface area contributed by atoms with E-state index in [1.54, 1.807) is 0 Å². The van der Waals surface area contributed by atoms with E-state index in [-0.39, 0.29) is 0 Å². The monoisotopic (exact) mass is 251 g/mol. The summed E-state index contributed by atoms with van der Waals surface area (Å²) in [6.07, 6.45) is 7.39. The van der Waals surface area contributed by atoms with E-state index in [0.717, 1.165) is 18.0 Å². The predicted octanol–water partition coefficient (Wildman–Crippen LogP) is 1.54. The first-order chi connectivity index (χ1) is 8.84. The van der Waals surface area contributed by atoms with Crippen LogP contribution >= 0.6 is 0 Å². The molecule has 1 atom stereocenters. The van der Waals surface area contributed by atoms with Gasteiger partial charge >= 0.3 is 0 Å². The Hall–Kier alpha value is -0.120. The molecule has 1 aliphatic carbocycles. The number of piperazine rings is 1. The molecule has 0 aromatic heterocycles. The molecule has 0 aromatic carbocycles. The molecule has 104 valence electrons. The van der Waals surface area contributed by atoms with Crippen molar-refractivity contribution < 1.29 is 0 Å². The summed E-state index contributed by atoms with van der Waals surface area (Å²) in [6, 6.07) is 1.67. The van der Waals surface area contributed by atoms with Gasteiger partial charge < -0.3 is 5.32 Å². The fourth-order valence-electron chi connectivity index (χ4n) is 3.96. The van der Waals surface area contributed by atoms with Crippen LogP contribution in [0.4, 0.5) is 0 Å². The van der Waals surface area contributed by atoms with Crippen LogP contribution in [0.5, 0.6) is 0 Å². The first kappa shape index (κ1) is 12.9. The van der Waals surface area contributed by atoms with Gasteiger partial charge in [-0.2, -0.15) is 0 Å². The van der Waals surface area contributed by atoms with Crippen LogP contribution in [0, 0.1) is 5.92 Å². The highest BCUT2D eigenvalue weighted by molar-refractivity contribution is 4.89. The van der Waals surface area contributed by atoms with Gasteiger partial charge in [0.25, 0.3) is 0 Å². The highest BCUT2D eigenvalue weighted by Gasteiger charge is 2.31. The van der Waals surface area contributed by atoms with Crippen molar-refractivity contribution in [2.75, 3.05) is 39.3 Å². The summed E-state index contributed by atoms with van der Waals surface area (Å²) in [5.41, 5.74) is 0. The van der Waals surface area contributed by atoms with Gasteiger partial charge in [0.05, 0.1) is 0 Å². The van der Waals surface area contributed by atoms with E-state index in [4.69, 9.17) is 0 Å². The molecule has 2 saturated heterocycles. The Bertz CT molecular complexity index is 250. The molecule has 1 saturated carbocycles. The summed E-state index contributed by atoms with van der Waals surface area (Å²) in [7, 11) is 0. The molecule has 1 unspecified atom stereocenters. The van der Waals surface area contributed by atoms with Crippen molar-refractivity contribution in [3.05, 3.63) is 0 Å². The maximum Gasteiger partial charge on any atom is 0.0346 e. The maximum absolute atomic E-state index is 3.39. The quantitative estimate of drug-likeness (QED) is 0.821. The molecule has 3 aliphatic rings. The summed E-state index contributed by atoms with van der Waals surface area (Å²) in [5.74, 6) is 0.982. The third-order valence-electron chi connectivity index (χ3n) is 5.53. The fourth-order valence-corrected chi connectivity index (χ4v) is 3.96. The molecule has 2 aliphatic heterocycles. The minimum absolute atomic E-state index is 0.826. The zero-order valence-electron chi connectivity index (χ0n) is 11.9. The van der Waals surface area contributed by atoms with E-state index in [0.29, 0.717) is 0 Å². The lowest BCUT2D eigenvalue weighted by molar-refractivity contribution is 0.0350. The van der Waals surface area contributed by atoms with Gasteiger partial charge in [0.15, 0.2) is 0 Å². The Balaban J connectivity index is 1.45. The number of hydrogen-bond donors (Lipinski definition) is 1. The average Bonchev–Trinajstić information content (AvgIpc) is 2.38. The standard InChI is InChI=1S/C15H29N3/c1-13(14-5-3-2-4-6-14)17-7-9-18(10-8-17)15-11-16-12-15/h13-16H,2-12H2,1H3. The van der Waals surface area contributed by atoms with Crippen LogP contribution in [0.25, 0.3) is 0 Å². The molecule has 3 nitrogen and oxygen atoms in total. The van der Waals surface area contributed by atoms with Gasteiger partial charge in [-0.1, -0.05) is 19.3 Å². The Kier molecular flexibility index (Phi) is 4.22. The molecule has 0 spiro atoms. The van der Waals surface area contributed by atoms with Crippen LogP contribution in [0.15, 0.2) is 0 Å².